The van der Waals surface area contributed by atoms with E-state index in [1.54, 1.807) is 48.5 Å². The first-order valence-electron chi connectivity index (χ1n) is 11.4. The minimum atomic E-state index is -0.815. The summed E-state index contributed by atoms with van der Waals surface area (Å²) in [6, 6.07) is 29.6. The molecule has 1 aliphatic heterocycles. The van der Waals surface area contributed by atoms with Crippen molar-refractivity contribution >= 4 is 34.7 Å². The Bertz CT molecular complexity index is 1480. The molecule has 0 aliphatic carbocycles. The highest BCUT2D eigenvalue weighted by Crippen LogP contribution is 2.43. The van der Waals surface area contributed by atoms with E-state index in [0.29, 0.717) is 33.3 Å². The summed E-state index contributed by atoms with van der Waals surface area (Å²) in [5, 5.41) is 11.6. The first-order valence-corrected chi connectivity index (χ1v) is 11.8. The number of halogens is 1. The van der Waals surface area contributed by atoms with Crippen molar-refractivity contribution in [3.8, 4) is 11.5 Å². The van der Waals surface area contributed by atoms with Gasteiger partial charge in [-0.3, -0.25) is 14.5 Å². The first-order chi connectivity index (χ1) is 17.4. The lowest BCUT2D eigenvalue weighted by atomic mass is 9.94. The fourth-order valence-electron chi connectivity index (χ4n) is 4.35. The monoisotopic (exact) mass is 495 g/mol. The number of aliphatic hydroxyl groups is 1. The van der Waals surface area contributed by atoms with Gasteiger partial charge in [0, 0.05) is 16.3 Å². The minimum absolute atomic E-state index is 0.0116. The summed E-state index contributed by atoms with van der Waals surface area (Å²) in [4.78, 5) is 28.1. The van der Waals surface area contributed by atoms with E-state index in [-0.39, 0.29) is 11.3 Å². The zero-order valence-corrected chi connectivity index (χ0v) is 20.1. The van der Waals surface area contributed by atoms with Gasteiger partial charge in [0.15, 0.2) is 0 Å². The molecule has 1 amide bonds. The van der Waals surface area contributed by atoms with Crippen LogP contribution in [0.15, 0.2) is 109 Å². The van der Waals surface area contributed by atoms with Crippen LogP contribution in [0.5, 0.6) is 11.5 Å². The Morgan fingerprint density at radius 1 is 0.833 bits per heavy atom. The number of ketones is 1. The highest BCUT2D eigenvalue weighted by molar-refractivity contribution is 6.51. The van der Waals surface area contributed by atoms with Crippen molar-refractivity contribution in [1.29, 1.82) is 0 Å². The summed E-state index contributed by atoms with van der Waals surface area (Å²) in [5.74, 6) is -0.473. The molecule has 36 heavy (non-hydrogen) atoms. The molecule has 0 aromatic heterocycles. The van der Waals surface area contributed by atoms with Crippen molar-refractivity contribution in [2.24, 2.45) is 0 Å². The largest absolute Gasteiger partial charge is 0.507 e. The molecule has 6 heteroatoms. The molecule has 0 bridgehead atoms. The first kappa shape index (κ1) is 23.4. The molecule has 1 saturated heterocycles. The lowest BCUT2D eigenvalue weighted by molar-refractivity contribution is -0.132. The highest BCUT2D eigenvalue weighted by atomic mass is 35.5. The molecule has 4 aromatic rings. The number of hydrogen-bond acceptors (Lipinski definition) is 4. The SMILES string of the molecule is Cc1cccc(C2/C(=C(/O)c3cccc(Cl)c3)C(=O)C(=O)N2c2ccc(Oc3ccccc3)cc2)c1. The molecule has 1 unspecified atom stereocenters. The molecule has 0 radical (unpaired) electrons. The number of aryl methyl sites for hydroxylation is 1. The standard InChI is InChI=1S/C30H22ClNO4/c1-19-7-5-8-20(17-19)27-26(28(33)21-9-6-10-22(31)18-21)29(34)30(35)32(27)23-13-15-25(16-14-23)36-24-11-3-2-4-12-24/h2-18,27,33H,1H3/b28-26-. The number of rotatable bonds is 5. The highest BCUT2D eigenvalue weighted by Gasteiger charge is 2.47. The van der Waals surface area contributed by atoms with Crippen molar-refractivity contribution < 1.29 is 19.4 Å². The van der Waals surface area contributed by atoms with Gasteiger partial charge in [-0.1, -0.05) is 71.8 Å². The Kier molecular flexibility index (Phi) is 6.32. The van der Waals surface area contributed by atoms with E-state index < -0.39 is 17.7 Å². The molecule has 1 N–H and O–H groups in total. The van der Waals surface area contributed by atoms with Crippen LogP contribution < -0.4 is 9.64 Å². The number of benzene rings is 4. The van der Waals surface area contributed by atoms with Gasteiger partial charge < -0.3 is 9.84 Å². The number of carbonyl (C=O) groups is 2. The van der Waals surface area contributed by atoms with Gasteiger partial charge in [-0.05, 0) is 61.0 Å². The van der Waals surface area contributed by atoms with Crippen molar-refractivity contribution in [3.05, 3.63) is 130 Å². The van der Waals surface area contributed by atoms with E-state index in [0.717, 1.165) is 5.56 Å². The van der Waals surface area contributed by atoms with Crippen LogP contribution in [0.25, 0.3) is 5.76 Å². The van der Waals surface area contributed by atoms with Gasteiger partial charge in [0.05, 0.1) is 11.6 Å². The summed E-state index contributed by atoms with van der Waals surface area (Å²) < 4.78 is 5.87. The molecule has 178 valence electrons. The van der Waals surface area contributed by atoms with Crippen LogP contribution in [-0.4, -0.2) is 16.8 Å². The van der Waals surface area contributed by atoms with Gasteiger partial charge >= 0.3 is 0 Å². The lowest BCUT2D eigenvalue weighted by Crippen LogP contribution is -2.29. The summed E-state index contributed by atoms with van der Waals surface area (Å²) in [7, 11) is 0. The maximum absolute atomic E-state index is 13.3. The van der Waals surface area contributed by atoms with E-state index in [2.05, 4.69) is 0 Å². The van der Waals surface area contributed by atoms with Gasteiger partial charge in [0.2, 0.25) is 0 Å². The fraction of sp³-hybridized carbons (Fsp3) is 0.0667. The molecule has 0 spiro atoms. The zero-order valence-electron chi connectivity index (χ0n) is 19.4. The van der Waals surface area contributed by atoms with E-state index >= 15 is 0 Å². The van der Waals surface area contributed by atoms with Crippen molar-refractivity contribution in [2.45, 2.75) is 13.0 Å². The van der Waals surface area contributed by atoms with Gasteiger partial charge in [0.1, 0.15) is 17.3 Å². The van der Waals surface area contributed by atoms with Crippen LogP contribution in [0, 0.1) is 6.92 Å². The van der Waals surface area contributed by atoms with E-state index in [1.165, 1.54) is 4.90 Å². The maximum atomic E-state index is 13.3. The summed E-state index contributed by atoms with van der Waals surface area (Å²) >= 11 is 6.12. The topological polar surface area (TPSA) is 66.8 Å². The average molecular weight is 496 g/mol. The maximum Gasteiger partial charge on any atom is 0.300 e. The summed E-state index contributed by atoms with van der Waals surface area (Å²) in [6.07, 6.45) is 0. The number of Topliss-reactive ketones (excluding diaryl/α,β-unsaturated/α-hetero) is 1. The number of nitrogens with zero attached hydrogens (tertiary/aromatic N) is 1. The molecule has 1 aliphatic rings. The van der Waals surface area contributed by atoms with Gasteiger partial charge in [0.25, 0.3) is 11.7 Å². The fourth-order valence-corrected chi connectivity index (χ4v) is 4.54. The second kappa shape index (κ2) is 9.72. The molecule has 1 fully saturated rings. The van der Waals surface area contributed by atoms with Crippen LogP contribution >= 0.6 is 11.6 Å². The Morgan fingerprint density at radius 3 is 2.22 bits per heavy atom. The van der Waals surface area contributed by atoms with Gasteiger partial charge in [-0.2, -0.15) is 0 Å². The second-order valence-electron chi connectivity index (χ2n) is 8.50. The van der Waals surface area contributed by atoms with Gasteiger partial charge in [-0.15, -0.1) is 0 Å². The number of aliphatic hydroxyl groups excluding tert-OH is 1. The number of carbonyl (C=O) groups excluding carboxylic acids is 2. The van der Waals surface area contributed by atoms with Crippen LogP contribution in [0.3, 0.4) is 0 Å². The molecule has 1 heterocycles. The number of ether oxygens (including phenoxy) is 1. The number of para-hydroxylation sites is 1. The third-order valence-corrected chi connectivity index (χ3v) is 6.23. The Hall–Kier alpha value is -4.35. The normalized spacial score (nSPS) is 16.8. The Balaban J connectivity index is 1.60. The number of anilines is 1. The third-order valence-electron chi connectivity index (χ3n) is 5.99. The predicted molar refractivity (Wildman–Crippen MR) is 140 cm³/mol. The molecule has 1 atom stereocenters. The molecule has 4 aromatic carbocycles. The molecule has 0 saturated carbocycles. The third kappa shape index (κ3) is 4.49. The minimum Gasteiger partial charge on any atom is -0.507 e. The Morgan fingerprint density at radius 2 is 1.53 bits per heavy atom. The van der Waals surface area contributed by atoms with Crippen LogP contribution in [0.1, 0.15) is 22.7 Å². The number of hydrogen-bond donors (Lipinski definition) is 1. The number of amides is 1. The van der Waals surface area contributed by atoms with Crippen LogP contribution in [-0.2, 0) is 9.59 Å². The predicted octanol–water partition coefficient (Wildman–Crippen LogP) is 7.07. The molecular weight excluding hydrogens is 474 g/mol. The Labute approximate surface area is 213 Å². The van der Waals surface area contributed by atoms with E-state index in [1.807, 2.05) is 61.5 Å². The van der Waals surface area contributed by atoms with Crippen LogP contribution in [0.2, 0.25) is 5.02 Å². The second-order valence-corrected chi connectivity index (χ2v) is 8.94. The molecule has 5 nitrogen and oxygen atoms in total. The quantitative estimate of drug-likeness (QED) is 0.183. The molecular formula is C30H22ClNO4. The van der Waals surface area contributed by atoms with Gasteiger partial charge in [-0.25, -0.2) is 0 Å². The average Bonchev–Trinajstić information content (AvgIpc) is 3.15. The zero-order chi connectivity index (χ0) is 25.2. The van der Waals surface area contributed by atoms with Crippen molar-refractivity contribution in [1.82, 2.24) is 0 Å². The van der Waals surface area contributed by atoms with Crippen LogP contribution in [0.4, 0.5) is 5.69 Å². The summed E-state index contributed by atoms with van der Waals surface area (Å²) in [5.41, 5.74) is 2.56. The van der Waals surface area contributed by atoms with E-state index in [4.69, 9.17) is 16.3 Å². The summed E-state index contributed by atoms with van der Waals surface area (Å²) in [6.45, 7) is 1.93. The smallest absolute Gasteiger partial charge is 0.300 e. The molecule has 5 rings (SSSR count). The van der Waals surface area contributed by atoms with Crippen molar-refractivity contribution in [2.75, 3.05) is 4.90 Å². The lowest BCUT2D eigenvalue weighted by Gasteiger charge is -2.26. The van der Waals surface area contributed by atoms with E-state index in [9.17, 15) is 14.7 Å². The van der Waals surface area contributed by atoms with Crippen molar-refractivity contribution in [3.63, 3.8) is 0 Å².